The van der Waals surface area contributed by atoms with Crippen LogP contribution in [0.25, 0.3) is 0 Å². The second kappa shape index (κ2) is 7.26. The second-order valence-electron chi connectivity index (χ2n) is 2.47. The maximum absolute atomic E-state index is 4.10. The highest BCUT2D eigenvalue weighted by atomic mass is 14.7. The molecule has 62 valence electrons. The summed E-state index contributed by atoms with van der Waals surface area (Å²) in [6.45, 7) is 7.87. The fourth-order valence-corrected chi connectivity index (χ4v) is 0.833. The Balaban J connectivity index is 3.75. The van der Waals surface area contributed by atoms with Crippen LogP contribution in [0.1, 0.15) is 26.7 Å². The first-order chi connectivity index (χ1) is 5.35. The Hall–Kier alpha value is -0.850. The summed E-state index contributed by atoms with van der Waals surface area (Å²) in [5.74, 6) is 0.441. The van der Waals surface area contributed by atoms with Crippen molar-refractivity contribution >= 4 is 6.21 Å². The van der Waals surface area contributed by atoms with Crippen LogP contribution in [0.15, 0.2) is 29.9 Å². The maximum Gasteiger partial charge on any atom is 0.0221 e. The van der Waals surface area contributed by atoms with E-state index in [9.17, 15) is 0 Å². The van der Waals surface area contributed by atoms with Gasteiger partial charge in [-0.3, -0.25) is 4.99 Å². The number of nitrogens with zero attached hydrogens (tertiary/aromatic N) is 1. The summed E-state index contributed by atoms with van der Waals surface area (Å²) in [7, 11) is 0. The van der Waals surface area contributed by atoms with Crippen LogP contribution < -0.4 is 0 Å². The third-order valence-electron chi connectivity index (χ3n) is 1.44. The van der Waals surface area contributed by atoms with Crippen molar-refractivity contribution in [3.05, 3.63) is 24.9 Å². The van der Waals surface area contributed by atoms with Gasteiger partial charge in [-0.25, -0.2) is 0 Å². The Morgan fingerprint density at radius 1 is 1.55 bits per heavy atom. The highest BCUT2D eigenvalue weighted by Gasteiger charge is 1.95. The molecule has 11 heavy (non-hydrogen) atoms. The molecule has 0 amide bonds. The summed E-state index contributed by atoms with van der Waals surface area (Å²) in [5.41, 5.74) is 0. The molecule has 0 rings (SSSR count). The monoisotopic (exact) mass is 151 g/mol. The number of hydrogen-bond acceptors (Lipinski definition) is 1. The number of rotatable bonds is 5. The van der Waals surface area contributed by atoms with Crippen LogP contribution >= 0.6 is 0 Å². The first kappa shape index (κ1) is 10.2. The van der Waals surface area contributed by atoms with Gasteiger partial charge in [-0.2, -0.15) is 0 Å². The summed E-state index contributed by atoms with van der Waals surface area (Å²) in [6, 6.07) is 0. The van der Waals surface area contributed by atoms with Crippen LogP contribution in [-0.4, -0.2) is 6.21 Å². The molecular weight excluding hydrogens is 134 g/mol. The van der Waals surface area contributed by atoms with E-state index in [2.05, 4.69) is 18.5 Å². The first-order valence-electron chi connectivity index (χ1n) is 4.12. The predicted molar refractivity (Wildman–Crippen MR) is 51.9 cm³/mol. The maximum atomic E-state index is 4.10. The molecule has 0 aromatic rings. The lowest BCUT2D eigenvalue weighted by atomic mass is 10.1. The molecule has 0 aromatic carbocycles. The summed E-state index contributed by atoms with van der Waals surface area (Å²) in [6.07, 6.45) is 9.92. The van der Waals surface area contributed by atoms with Crippen LogP contribution in [0.4, 0.5) is 0 Å². The molecule has 1 heteroatoms. The van der Waals surface area contributed by atoms with Gasteiger partial charge < -0.3 is 0 Å². The molecule has 1 unspecified atom stereocenters. The summed E-state index contributed by atoms with van der Waals surface area (Å²) >= 11 is 0. The van der Waals surface area contributed by atoms with E-state index in [1.165, 1.54) is 6.42 Å². The third-order valence-corrected chi connectivity index (χ3v) is 1.44. The Bertz CT molecular complexity index is 145. The molecule has 0 aromatic heterocycles. The van der Waals surface area contributed by atoms with Crippen LogP contribution in [0.3, 0.4) is 0 Å². The van der Waals surface area contributed by atoms with Gasteiger partial charge in [0.1, 0.15) is 0 Å². The largest absolute Gasteiger partial charge is 0.269 e. The van der Waals surface area contributed by atoms with E-state index in [1.807, 2.05) is 25.3 Å². The Morgan fingerprint density at radius 3 is 2.73 bits per heavy atom. The highest BCUT2D eigenvalue weighted by Crippen LogP contribution is 2.03. The fraction of sp³-hybridized carbons (Fsp3) is 0.500. The van der Waals surface area contributed by atoms with E-state index in [-0.39, 0.29) is 0 Å². The van der Waals surface area contributed by atoms with E-state index in [0.717, 1.165) is 6.42 Å². The average Bonchev–Trinajstić information content (AvgIpc) is 2.03. The molecule has 1 nitrogen and oxygen atoms in total. The minimum atomic E-state index is 0.441. The SMILES string of the molecule is C=CC(C=N/C=C\C)CCC. The summed E-state index contributed by atoms with van der Waals surface area (Å²) in [5, 5.41) is 0. The molecular formula is C10H17N. The number of allylic oxidation sites excluding steroid dienone is 2. The summed E-state index contributed by atoms with van der Waals surface area (Å²) < 4.78 is 0. The standard InChI is InChI=1S/C10H17N/c1-4-7-10(6-3)9-11-8-5-2/h5-6,8-10H,3-4,7H2,1-2H3/b8-5-,11-9?. The van der Waals surface area contributed by atoms with Crippen LogP contribution in [0.5, 0.6) is 0 Å². The normalized spacial score (nSPS) is 14.4. The lowest BCUT2D eigenvalue weighted by Crippen LogP contribution is -1.95. The van der Waals surface area contributed by atoms with Crippen molar-refractivity contribution in [3.63, 3.8) is 0 Å². The van der Waals surface area contributed by atoms with Gasteiger partial charge in [0.25, 0.3) is 0 Å². The minimum Gasteiger partial charge on any atom is -0.269 e. The van der Waals surface area contributed by atoms with Crippen molar-refractivity contribution in [2.45, 2.75) is 26.7 Å². The lowest BCUT2D eigenvalue weighted by Gasteiger charge is -2.01. The van der Waals surface area contributed by atoms with E-state index < -0.39 is 0 Å². The molecule has 0 saturated heterocycles. The molecule has 0 saturated carbocycles. The van der Waals surface area contributed by atoms with Gasteiger partial charge >= 0.3 is 0 Å². The zero-order valence-electron chi connectivity index (χ0n) is 7.46. The predicted octanol–water partition coefficient (Wildman–Crippen LogP) is 3.19. The smallest absolute Gasteiger partial charge is 0.0221 e. The van der Waals surface area contributed by atoms with E-state index in [4.69, 9.17) is 0 Å². The molecule has 0 N–H and O–H groups in total. The van der Waals surface area contributed by atoms with Crippen LogP contribution in [0, 0.1) is 5.92 Å². The quantitative estimate of drug-likeness (QED) is 0.422. The average molecular weight is 151 g/mol. The molecule has 1 atom stereocenters. The highest BCUT2D eigenvalue weighted by molar-refractivity contribution is 5.63. The van der Waals surface area contributed by atoms with E-state index in [0.29, 0.717) is 5.92 Å². The second-order valence-corrected chi connectivity index (χ2v) is 2.47. The molecule has 0 spiro atoms. The molecule has 0 aliphatic heterocycles. The first-order valence-corrected chi connectivity index (χ1v) is 4.12. The van der Waals surface area contributed by atoms with E-state index >= 15 is 0 Å². The molecule has 0 aliphatic carbocycles. The van der Waals surface area contributed by atoms with Crippen molar-refractivity contribution in [3.8, 4) is 0 Å². The molecule has 0 heterocycles. The zero-order chi connectivity index (χ0) is 8.53. The number of aliphatic imine (C=N–C) groups is 1. The molecule has 0 radical (unpaired) electrons. The molecule has 0 aliphatic rings. The van der Waals surface area contributed by atoms with Gasteiger partial charge in [0, 0.05) is 18.3 Å². The fourth-order valence-electron chi connectivity index (χ4n) is 0.833. The number of hydrogen-bond donors (Lipinski definition) is 0. The van der Waals surface area contributed by atoms with Gasteiger partial charge in [-0.15, -0.1) is 6.58 Å². The van der Waals surface area contributed by atoms with Gasteiger partial charge in [-0.1, -0.05) is 25.5 Å². The molecule has 0 bridgehead atoms. The Morgan fingerprint density at radius 2 is 2.27 bits per heavy atom. The van der Waals surface area contributed by atoms with Crippen molar-refractivity contribution in [2.75, 3.05) is 0 Å². The zero-order valence-corrected chi connectivity index (χ0v) is 7.46. The summed E-state index contributed by atoms with van der Waals surface area (Å²) in [4.78, 5) is 4.10. The van der Waals surface area contributed by atoms with E-state index in [1.54, 1.807) is 6.20 Å². The Kier molecular flexibility index (Phi) is 6.70. The van der Waals surface area contributed by atoms with Gasteiger partial charge in [0.05, 0.1) is 0 Å². The lowest BCUT2D eigenvalue weighted by molar-refractivity contribution is 0.732. The van der Waals surface area contributed by atoms with Gasteiger partial charge in [-0.05, 0) is 13.3 Å². The third kappa shape index (κ3) is 5.59. The van der Waals surface area contributed by atoms with Gasteiger partial charge in [0.15, 0.2) is 0 Å². The van der Waals surface area contributed by atoms with Gasteiger partial charge in [0.2, 0.25) is 0 Å². The Labute approximate surface area is 69.5 Å². The topological polar surface area (TPSA) is 12.4 Å². The van der Waals surface area contributed by atoms with Crippen molar-refractivity contribution in [1.29, 1.82) is 0 Å². The van der Waals surface area contributed by atoms with Crippen LogP contribution in [-0.2, 0) is 0 Å². The van der Waals surface area contributed by atoms with Crippen LogP contribution in [0.2, 0.25) is 0 Å². The van der Waals surface area contributed by atoms with Crippen molar-refractivity contribution in [1.82, 2.24) is 0 Å². The molecule has 0 fully saturated rings. The minimum absolute atomic E-state index is 0.441. The van der Waals surface area contributed by atoms with Crippen molar-refractivity contribution in [2.24, 2.45) is 10.9 Å². The van der Waals surface area contributed by atoms with Crippen molar-refractivity contribution < 1.29 is 0 Å².